The number of nitrogens with zero attached hydrogens (tertiary/aromatic N) is 1. The normalized spacial score (nSPS) is 20.7. The lowest BCUT2D eigenvalue weighted by molar-refractivity contribution is 0.0908. The van der Waals surface area contributed by atoms with Crippen LogP contribution in [0, 0.1) is 11.3 Å². The van der Waals surface area contributed by atoms with Crippen molar-refractivity contribution in [2.24, 2.45) is 0 Å². The van der Waals surface area contributed by atoms with Gasteiger partial charge in [0.15, 0.2) is 0 Å². The molecule has 1 heterocycles. The predicted octanol–water partition coefficient (Wildman–Crippen LogP) is 0.336. The van der Waals surface area contributed by atoms with Gasteiger partial charge in [-0.15, -0.1) is 0 Å². The largest absolute Gasteiger partial charge is 0.358 e. The fraction of sp³-hybridized carbons (Fsp3) is 0.750. The highest BCUT2D eigenvalue weighted by molar-refractivity contribution is 5.73. The third-order valence-electron chi connectivity index (χ3n) is 1.74. The van der Waals surface area contributed by atoms with Crippen LogP contribution >= 0.6 is 0 Å². The number of nitrogens with one attached hydrogen (secondary N) is 2. The van der Waals surface area contributed by atoms with Gasteiger partial charge in [-0.1, -0.05) is 0 Å². The van der Waals surface area contributed by atoms with Crippen molar-refractivity contribution in [2.45, 2.75) is 25.5 Å². The molecule has 1 unspecified atom stereocenters. The Morgan fingerprint density at radius 1 is 1.69 bits per heavy atom. The Bertz CT molecular complexity index is 206. The molecule has 0 spiro atoms. The number of carbonyl (C=O) groups excluding carboxylic acids is 1. The molecule has 0 radical (unpaired) electrons. The fourth-order valence-electron chi connectivity index (χ4n) is 1.12. The monoisotopic (exact) mass is 183 g/mol. The number of carbonyl (C=O) groups is 1. The first kappa shape index (κ1) is 9.81. The minimum Gasteiger partial charge on any atom is -0.358 e. The molecule has 72 valence electrons. The number of ether oxygens (including phenoxy) is 1. The molecular formula is C8H13N3O2. The molecule has 2 amide bonds. The molecule has 5 nitrogen and oxygen atoms in total. The summed E-state index contributed by atoms with van der Waals surface area (Å²) in [6, 6.07) is 1.68. The highest BCUT2D eigenvalue weighted by Gasteiger charge is 2.16. The van der Waals surface area contributed by atoms with E-state index in [1.54, 1.807) is 0 Å². The van der Waals surface area contributed by atoms with Crippen LogP contribution in [0.5, 0.6) is 0 Å². The Labute approximate surface area is 77.1 Å². The molecule has 0 bridgehead atoms. The molecule has 13 heavy (non-hydrogen) atoms. The second-order valence-electron chi connectivity index (χ2n) is 2.81. The van der Waals surface area contributed by atoms with Crippen molar-refractivity contribution in [3.8, 4) is 6.07 Å². The van der Waals surface area contributed by atoms with Gasteiger partial charge in [-0.05, 0) is 12.8 Å². The fourth-order valence-corrected chi connectivity index (χ4v) is 1.12. The van der Waals surface area contributed by atoms with E-state index < -0.39 is 0 Å². The second-order valence-corrected chi connectivity index (χ2v) is 2.81. The molecular weight excluding hydrogens is 170 g/mol. The number of nitriles is 1. The maximum absolute atomic E-state index is 11.1. The molecule has 1 aliphatic rings. The third kappa shape index (κ3) is 3.76. The Morgan fingerprint density at radius 3 is 3.15 bits per heavy atom. The van der Waals surface area contributed by atoms with Crippen LogP contribution in [0.25, 0.3) is 0 Å². The van der Waals surface area contributed by atoms with Gasteiger partial charge in [0.05, 0.1) is 12.5 Å². The van der Waals surface area contributed by atoms with E-state index in [0.29, 0.717) is 19.6 Å². The van der Waals surface area contributed by atoms with Crippen molar-refractivity contribution < 1.29 is 9.53 Å². The van der Waals surface area contributed by atoms with E-state index in [9.17, 15) is 4.79 Å². The standard InChI is InChI=1S/C8H13N3O2/c9-4-2-5-10-8(12)11-7-3-1-6-13-7/h7H,1-3,5-6H2,(H2,10,11,12). The summed E-state index contributed by atoms with van der Waals surface area (Å²) in [7, 11) is 0. The molecule has 0 saturated carbocycles. The summed E-state index contributed by atoms with van der Waals surface area (Å²) >= 11 is 0. The van der Waals surface area contributed by atoms with Gasteiger partial charge in [0.2, 0.25) is 0 Å². The summed E-state index contributed by atoms with van der Waals surface area (Å²) in [5, 5.41) is 13.4. The van der Waals surface area contributed by atoms with E-state index in [1.807, 2.05) is 6.07 Å². The lowest BCUT2D eigenvalue weighted by Gasteiger charge is -2.11. The molecule has 5 heteroatoms. The van der Waals surface area contributed by atoms with Crippen LogP contribution < -0.4 is 10.6 Å². The molecule has 1 saturated heterocycles. The Morgan fingerprint density at radius 2 is 2.54 bits per heavy atom. The molecule has 1 aliphatic heterocycles. The molecule has 2 N–H and O–H groups in total. The minimum atomic E-state index is -0.262. The quantitative estimate of drug-likeness (QED) is 0.619. The first-order valence-electron chi connectivity index (χ1n) is 4.36. The highest BCUT2D eigenvalue weighted by Crippen LogP contribution is 2.08. The van der Waals surface area contributed by atoms with Crippen molar-refractivity contribution in [3.63, 3.8) is 0 Å². The van der Waals surface area contributed by atoms with Crippen molar-refractivity contribution in [2.75, 3.05) is 13.2 Å². The average molecular weight is 183 g/mol. The van der Waals surface area contributed by atoms with Gasteiger partial charge in [0, 0.05) is 13.2 Å². The van der Waals surface area contributed by atoms with Crippen LogP contribution in [0.1, 0.15) is 19.3 Å². The maximum Gasteiger partial charge on any atom is 0.316 e. The number of urea groups is 1. The van der Waals surface area contributed by atoms with Gasteiger partial charge in [0.1, 0.15) is 6.23 Å². The smallest absolute Gasteiger partial charge is 0.316 e. The van der Waals surface area contributed by atoms with E-state index in [-0.39, 0.29) is 12.3 Å². The number of hydrogen-bond donors (Lipinski definition) is 2. The Balaban J connectivity index is 2.07. The lowest BCUT2D eigenvalue weighted by atomic mass is 10.3. The lowest BCUT2D eigenvalue weighted by Crippen LogP contribution is -2.41. The van der Waals surface area contributed by atoms with E-state index in [1.165, 1.54) is 0 Å². The van der Waals surface area contributed by atoms with Crippen LogP contribution in [0.2, 0.25) is 0 Å². The summed E-state index contributed by atoms with van der Waals surface area (Å²) < 4.78 is 5.19. The van der Waals surface area contributed by atoms with Gasteiger partial charge < -0.3 is 15.4 Å². The van der Waals surface area contributed by atoms with E-state index >= 15 is 0 Å². The zero-order valence-electron chi connectivity index (χ0n) is 7.38. The average Bonchev–Trinajstić information content (AvgIpc) is 2.57. The topological polar surface area (TPSA) is 74.2 Å². The van der Waals surface area contributed by atoms with Crippen molar-refractivity contribution in [1.29, 1.82) is 5.26 Å². The number of rotatable bonds is 3. The van der Waals surface area contributed by atoms with Gasteiger partial charge >= 0.3 is 6.03 Å². The SMILES string of the molecule is N#CCCNC(=O)NC1CCCO1. The van der Waals surface area contributed by atoms with Crippen molar-refractivity contribution >= 4 is 6.03 Å². The zero-order valence-corrected chi connectivity index (χ0v) is 7.38. The van der Waals surface area contributed by atoms with Gasteiger partial charge in [0.25, 0.3) is 0 Å². The Kier molecular flexibility index (Phi) is 4.06. The second kappa shape index (κ2) is 5.38. The summed E-state index contributed by atoms with van der Waals surface area (Å²) in [5.41, 5.74) is 0. The first-order chi connectivity index (χ1) is 6.33. The van der Waals surface area contributed by atoms with E-state index in [4.69, 9.17) is 10.00 Å². The molecule has 0 aromatic rings. The summed E-state index contributed by atoms with van der Waals surface area (Å²) in [5.74, 6) is 0. The van der Waals surface area contributed by atoms with Gasteiger partial charge in [-0.2, -0.15) is 5.26 Å². The summed E-state index contributed by atoms with van der Waals surface area (Å²) in [4.78, 5) is 11.1. The highest BCUT2D eigenvalue weighted by atomic mass is 16.5. The van der Waals surface area contributed by atoms with Crippen LogP contribution in [-0.4, -0.2) is 25.4 Å². The Hall–Kier alpha value is -1.28. The van der Waals surface area contributed by atoms with E-state index in [2.05, 4.69) is 10.6 Å². The van der Waals surface area contributed by atoms with Crippen molar-refractivity contribution in [3.05, 3.63) is 0 Å². The minimum absolute atomic E-state index is 0.151. The number of hydrogen-bond acceptors (Lipinski definition) is 3. The van der Waals surface area contributed by atoms with Crippen molar-refractivity contribution in [1.82, 2.24) is 10.6 Å². The molecule has 0 aliphatic carbocycles. The van der Waals surface area contributed by atoms with Crippen LogP contribution in [-0.2, 0) is 4.74 Å². The molecule has 1 atom stereocenters. The van der Waals surface area contributed by atoms with Crippen LogP contribution in [0.3, 0.4) is 0 Å². The zero-order chi connectivity index (χ0) is 9.52. The molecule has 0 aromatic heterocycles. The van der Waals surface area contributed by atoms with E-state index in [0.717, 1.165) is 12.8 Å². The predicted molar refractivity (Wildman–Crippen MR) is 45.7 cm³/mol. The van der Waals surface area contributed by atoms with Crippen LogP contribution in [0.4, 0.5) is 4.79 Å². The number of amides is 2. The molecule has 0 aromatic carbocycles. The molecule has 1 rings (SSSR count). The van der Waals surface area contributed by atoms with Gasteiger partial charge in [-0.3, -0.25) is 0 Å². The van der Waals surface area contributed by atoms with Gasteiger partial charge in [-0.25, -0.2) is 4.79 Å². The van der Waals surface area contributed by atoms with Crippen LogP contribution in [0.15, 0.2) is 0 Å². The summed E-state index contributed by atoms with van der Waals surface area (Å²) in [6.07, 6.45) is 2.04. The third-order valence-corrected chi connectivity index (χ3v) is 1.74. The summed E-state index contributed by atoms with van der Waals surface area (Å²) in [6.45, 7) is 1.10. The first-order valence-corrected chi connectivity index (χ1v) is 4.36. The molecule has 1 fully saturated rings. The maximum atomic E-state index is 11.1.